The molecule has 3 rings (SSSR count). The minimum atomic E-state index is -0.212. The first-order chi connectivity index (χ1) is 14.6. The van der Waals surface area contributed by atoms with Crippen molar-refractivity contribution >= 4 is 5.91 Å². The van der Waals surface area contributed by atoms with Gasteiger partial charge in [-0.3, -0.25) is 14.6 Å². The van der Waals surface area contributed by atoms with E-state index in [4.69, 9.17) is 9.47 Å². The molecule has 2 aromatic heterocycles. The lowest BCUT2D eigenvalue weighted by Crippen LogP contribution is -2.25. The fraction of sp³-hybridized carbons (Fsp3) is 0.273. The largest absolute Gasteiger partial charge is 0.493 e. The zero-order valence-electron chi connectivity index (χ0n) is 17.0. The van der Waals surface area contributed by atoms with Gasteiger partial charge < -0.3 is 14.8 Å². The highest BCUT2D eigenvalue weighted by molar-refractivity contribution is 5.75. The van der Waals surface area contributed by atoms with Crippen LogP contribution in [0.25, 0.3) is 11.3 Å². The van der Waals surface area contributed by atoms with E-state index in [2.05, 4.69) is 15.4 Å². The number of hydrogen-bond donors (Lipinski definition) is 1. The Morgan fingerprint density at radius 1 is 1.03 bits per heavy atom. The van der Waals surface area contributed by atoms with Gasteiger partial charge in [0, 0.05) is 43.5 Å². The number of rotatable bonds is 9. The van der Waals surface area contributed by atoms with E-state index in [9.17, 15) is 9.59 Å². The molecule has 0 aliphatic rings. The molecule has 0 atom stereocenters. The summed E-state index contributed by atoms with van der Waals surface area (Å²) in [5, 5.41) is 7.29. The second-order valence-corrected chi connectivity index (χ2v) is 6.59. The molecule has 2 heterocycles. The van der Waals surface area contributed by atoms with Gasteiger partial charge in [0.1, 0.15) is 0 Å². The number of pyridine rings is 1. The molecule has 8 heteroatoms. The summed E-state index contributed by atoms with van der Waals surface area (Å²) in [5.74, 6) is 1.13. The van der Waals surface area contributed by atoms with E-state index < -0.39 is 0 Å². The van der Waals surface area contributed by atoms with Crippen LogP contribution >= 0.6 is 0 Å². The third-order valence-electron chi connectivity index (χ3n) is 4.56. The lowest BCUT2D eigenvalue weighted by Gasteiger charge is -2.11. The van der Waals surface area contributed by atoms with Crippen LogP contribution in [-0.2, 0) is 17.9 Å². The highest BCUT2D eigenvalue weighted by Gasteiger charge is 2.09. The van der Waals surface area contributed by atoms with Crippen LogP contribution in [0, 0.1) is 0 Å². The smallest absolute Gasteiger partial charge is 0.266 e. The normalized spacial score (nSPS) is 10.5. The molecule has 0 spiro atoms. The minimum absolute atomic E-state index is 0.0732. The number of carbonyl (C=O) groups is 1. The van der Waals surface area contributed by atoms with Crippen LogP contribution in [0.2, 0.25) is 0 Å². The summed E-state index contributed by atoms with van der Waals surface area (Å²) in [4.78, 5) is 28.2. The van der Waals surface area contributed by atoms with E-state index in [0.29, 0.717) is 43.1 Å². The van der Waals surface area contributed by atoms with Crippen molar-refractivity contribution in [2.24, 2.45) is 0 Å². The van der Waals surface area contributed by atoms with Gasteiger partial charge in [-0.1, -0.05) is 0 Å². The van der Waals surface area contributed by atoms with Crippen molar-refractivity contribution in [2.75, 3.05) is 14.2 Å². The zero-order valence-corrected chi connectivity index (χ0v) is 17.0. The number of hydrogen-bond acceptors (Lipinski definition) is 6. The number of aromatic nitrogens is 3. The molecular formula is C22H24N4O4. The monoisotopic (exact) mass is 408 g/mol. The summed E-state index contributed by atoms with van der Waals surface area (Å²) < 4.78 is 12.0. The Bertz CT molecular complexity index is 1050. The highest BCUT2D eigenvalue weighted by Crippen LogP contribution is 2.31. The molecule has 0 radical (unpaired) electrons. The van der Waals surface area contributed by atoms with E-state index in [0.717, 1.165) is 11.1 Å². The summed E-state index contributed by atoms with van der Waals surface area (Å²) in [7, 11) is 3.14. The van der Waals surface area contributed by atoms with Crippen LogP contribution in [0.1, 0.15) is 18.4 Å². The van der Waals surface area contributed by atoms with Crippen LogP contribution in [-0.4, -0.2) is 34.9 Å². The Kier molecular flexibility index (Phi) is 7.15. The average molecular weight is 408 g/mol. The second-order valence-electron chi connectivity index (χ2n) is 6.59. The molecule has 0 saturated heterocycles. The first-order valence-electron chi connectivity index (χ1n) is 9.57. The number of aryl methyl sites for hydroxylation is 1. The van der Waals surface area contributed by atoms with E-state index in [1.54, 1.807) is 38.7 Å². The van der Waals surface area contributed by atoms with E-state index in [1.165, 1.54) is 10.7 Å². The molecule has 0 bridgehead atoms. The molecule has 3 aromatic rings. The predicted octanol–water partition coefficient (Wildman–Crippen LogP) is 2.42. The maximum absolute atomic E-state index is 12.2. The zero-order chi connectivity index (χ0) is 21.3. The van der Waals surface area contributed by atoms with Crippen LogP contribution < -0.4 is 20.3 Å². The fourth-order valence-corrected chi connectivity index (χ4v) is 2.94. The van der Waals surface area contributed by atoms with Crippen LogP contribution in [0.4, 0.5) is 0 Å². The third kappa shape index (κ3) is 5.44. The Hall–Kier alpha value is -3.68. The van der Waals surface area contributed by atoms with Crippen molar-refractivity contribution in [1.29, 1.82) is 0 Å². The molecule has 30 heavy (non-hydrogen) atoms. The quantitative estimate of drug-likeness (QED) is 0.584. The van der Waals surface area contributed by atoms with Gasteiger partial charge in [0.05, 0.1) is 19.9 Å². The molecule has 0 aliphatic heterocycles. The van der Waals surface area contributed by atoms with E-state index in [-0.39, 0.29) is 11.5 Å². The number of carbonyl (C=O) groups excluding carboxylic acids is 1. The van der Waals surface area contributed by atoms with Gasteiger partial charge in [0.2, 0.25) is 5.91 Å². The van der Waals surface area contributed by atoms with Crippen molar-refractivity contribution in [3.8, 4) is 22.8 Å². The molecule has 0 saturated carbocycles. The minimum Gasteiger partial charge on any atom is -0.493 e. The van der Waals surface area contributed by atoms with Crippen molar-refractivity contribution < 1.29 is 14.3 Å². The molecule has 8 nitrogen and oxygen atoms in total. The highest BCUT2D eigenvalue weighted by atomic mass is 16.5. The molecular weight excluding hydrogens is 384 g/mol. The molecule has 1 amide bonds. The van der Waals surface area contributed by atoms with Crippen molar-refractivity contribution in [2.45, 2.75) is 25.9 Å². The summed E-state index contributed by atoms with van der Waals surface area (Å²) in [6, 6.07) is 12.3. The van der Waals surface area contributed by atoms with Gasteiger partial charge in [-0.05, 0) is 48.4 Å². The summed E-state index contributed by atoms with van der Waals surface area (Å²) in [6.45, 7) is 0.803. The summed E-state index contributed by atoms with van der Waals surface area (Å²) in [6.07, 6.45) is 4.18. The fourth-order valence-electron chi connectivity index (χ4n) is 2.94. The number of benzene rings is 1. The number of amides is 1. The maximum atomic E-state index is 12.2. The Labute approximate surface area is 174 Å². The Morgan fingerprint density at radius 2 is 1.80 bits per heavy atom. The summed E-state index contributed by atoms with van der Waals surface area (Å²) >= 11 is 0. The van der Waals surface area contributed by atoms with Crippen molar-refractivity contribution in [3.05, 3.63) is 70.8 Å². The second kappa shape index (κ2) is 10.2. The lowest BCUT2D eigenvalue weighted by molar-refractivity contribution is -0.121. The molecule has 0 unspecified atom stereocenters. The number of methoxy groups -OCH3 is 2. The van der Waals surface area contributed by atoms with Crippen LogP contribution in [0.5, 0.6) is 11.5 Å². The standard InChI is InChI=1S/C22H24N4O4/c1-29-19-7-5-17(14-20(19)30-2)18-6-8-22(28)26(25-18)13-3-4-21(27)24-15-16-9-11-23-12-10-16/h5-12,14H,3-4,13,15H2,1-2H3,(H,24,27). The number of ether oxygens (including phenoxy) is 2. The molecule has 1 aromatic carbocycles. The van der Waals surface area contributed by atoms with Crippen LogP contribution in [0.15, 0.2) is 59.7 Å². The first kappa shape index (κ1) is 21.0. The average Bonchev–Trinajstić information content (AvgIpc) is 2.79. The lowest BCUT2D eigenvalue weighted by atomic mass is 10.1. The van der Waals surface area contributed by atoms with Gasteiger partial charge in [-0.15, -0.1) is 0 Å². The summed E-state index contributed by atoms with van der Waals surface area (Å²) in [5.41, 5.74) is 2.21. The van der Waals surface area contributed by atoms with Gasteiger partial charge >= 0.3 is 0 Å². The van der Waals surface area contributed by atoms with E-state index in [1.807, 2.05) is 24.3 Å². The SMILES string of the molecule is COc1ccc(-c2ccc(=O)n(CCCC(=O)NCc3ccncc3)n2)cc1OC. The number of nitrogens with one attached hydrogen (secondary N) is 1. The first-order valence-corrected chi connectivity index (χ1v) is 9.57. The Balaban J connectivity index is 1.60. The van der Waals surface area contributed by atoms with Gasteiger partial charge in [0.25, 0.3) is 5.56 Å². The van der Waals surface area contributed by atoms with Crippen molar-refractivity contribution in [1.82, 2.24) is 20.1 Å². The van der Waals surface area contributed by atoms with Crippen LogP contribution in [0.3, 0.4) is 0 Å². The molecule has 0 aliphatic carbocycles. The van der Waals surface area contributed by atoms with E-state index >= 15 is 0 Å². The number of nitrogens with zero attached hydrogens (tertiary/aromatic N) is 3. The van der Waals surface area contributed by atoms with Gasteiger partial charge in [-0.25, -0.2) is 4.68 Å². The molecule has 0 fully saturated rings. The third-order valence-corrected chi connectivity index (χ3v) is 4.56. The molecule has 1 N–H and O–H groups in total. The maximum Gasteiger partial charge on any atom is 0.266 e. The van der Waals surface area contributed by atoms with Crippen molar-refractivity contribution in [3.63, 3.8) is 0 Å². The van der Waals surface area contributed by atoms with Gasteiger partial charge in [-0.2, -0.15) is 5.10 Å². The Morgan fingerprint density at radius 3 is 2.53 bits per heavy atom. The van der Waals surface area contributed by atoms with Gasteiger partial charge in [0.15, 0.2) is 11.5 Å². The topological polar surface area (TPSA) is 95.3 Å². The molecule has 156 valence electrons. The predicted molar refractivity (Wildman–Crippen MR) is 112 cm³/mol.